The van der Waals surface area contributed by atoms with Crippen LogP contribution in [0.25, 0.3) is 0 Å². The van der Waals surface area contributed by atoms with Crippen LogP contribution in [0.3, 0.4) is 0 Å². The largest absolute Gasteiger partial charge is 0.481 e. The molecule has 0 unspecified atom stereocenters. The zero-order valence-corrected chi connectivity index (χ0v) is 18.7. The summed E-state index contributed by atoms with van der Waals surface area (Å²) in [6, 6.07) is 4.91. The van der Waals surface area contributed by atoms with E-state index in [4.69, 9.17) is 28.3 Å². The molecular formula is C20H27Cl2N3O6. The van der Waals surface area contributed by atoms with Crippen LogP contribution in [-0.2, 0) is 25.6 Å². The van der Waals surface area contributed by atoms with Gasteiger partial charge in [-0.3, -0.25) is 14.4 Å². The molecule has 0 spiro atoms. The molecule has 0 aliphatic rings. The number of amides is 2. The first kappa shape index (κ1) is 26.5. The third kappa shape index (κ3) is 9.89. The number of nitrogens with one attached hydrogen (secondary N) is 2. The molecule has 172 valence electrons. The highest BCUT2D eigenvalue weighted by Crippen LogP contribution is 2.17. The standard InChI is InChI=1S/C20H27Cl2N3O6/c1-13(26)23-17(19(29)24-16(20(30)31)6-7-18(27)28)12-14-2-4-15(5-3-14)25(10-8-21)11-9-22/h2-5,16-17H,6-12H2,1H3,(H,23,26)(H,24,29)(H,27,28)(H,30,31)/t16-,17+/m0/s1. The third-order valence-electron chi connectivity index (χ3n) is 4.41. The minimum Gasteiger partial charge on any atom is -0.481 e. The zero-order chi connectivity index (χ0) is 23.4. The summed E-state index contributed by atoms with van der Waals surface area (Å²) < 4.78 is 0. The van der Waals surface area contributed by atoms with Crippen LogP contribution in [-0.4, -0.2) is 70.9 Å². The number of halogens is 2. The summed E-state index contributed by atoms with van der Waals surface area (Å²) >= 11 is 11.7. The van der Waals surface area contributed by atoms with Crippen molar-refractivity contribution in [1.82, 2.24) is 10.6 Å². The Labute approximate surface area is 190 Å². The lowest BCUT2D eigenvalue weighted by atomic mass is 10.0. The number of carboxylic acid groups (broad SMARTS) is 2. The number of rotatable bonds is 14. The fourth-order valence-electron chi connectivity index (χ4n) is 2.90. The van der Waals surface area contributed by atoms with Gasteiger partial charge in [0.2, 0.25) is 11.8 Å². The van der Waals surface area contributed by atoms with E-state index in [2.05, 4.69) is 10.6 Å². The average Bonchev–Trinajstić information content (AvgIpc) is 2.70. The summed E-state index contributed by atoms with van der Waals surface area (Å²) in [6.45, 7) is 2.49. The van der Waals surface area contributed by atoms with Crippen LogP contribution in [0, 0.1) is 0 Å². The van der Waals surface area contributed by atoms with E-state index in [0.29, 0.717) is 24.8 Å². The van der Waals surface area contributed by atoms with E-state index in [-0.39, 0.29) is 12.8 Å². The van der Waals surface area contributed by atoms with E-state index in [1.165, 1.54) is 6.92 Å². The predicted octanol–water partition coefficient (Wildman–Crippen LogP) is 1.45. The van der Waals surface area contributed by atoms with Crippen LogP contribution in [0.2, 0.25) is 0 Å². The van der Waals surface area contributed by atoms with E-state index >= 15 is 0 Å². The Morgan fingerprint density at radius 2 is 1.55 bits per heavy atom. The number of carboxylic acids is 2. The number of aliphatic carboxylic acids is 2. The van der Waals surface area contributed by atoms with Gasteiger partial charge in [-0.15, -0.1) is 23.2 Å². The van der Waals surface area contributed by atoms with Gasteiger partial charge in [-0.2, -0.15) is 0 Å². The number of nitrogens with zero attached hydrogens (tertiary/aromatic N) is 1. The summed E-state index contributed by atoms with van der Waals surface area (Å²) in [5.74, 6) is -2.80. The Kier molecular flexibility index (Phi) is 11.7. The fraction of sp³-hybridized carbons (Fsp3) is 0.500. The number of carbonyl (C=O) groups excluding carboxylic acids is 2. The van der Waals surface area contributed by atoms with Crippen molar-refractivity contribution < 1.29 is 29.4 Å². The van der Waals surface area contributed by atoms with Crippen molar-refractivity contribution >= 4 is 52.6 Å². The number of anilines is 1. The van der Waals surface area contributed by atoms with Gasteiger partial charge in [-0.25, -0.2) is 4.79 Å². The molecule has 0 aliphatic heterocycles. The molecule has 1 rings (SSSR count). The monoisotopic (exact) mass is 475 g/mol. The second-order valence-electron chi connectivity index (χ2n) is 6.82. The van der Waals surface area contributed by atoms with Crippen molar-refractivity contribution in [3.8, 4) is 0 Å². The molecular weight excluding hydrogens is 449 g/mol. The molecule has 4 N–H and O–H groups in total. The summed E-state index contributed by atoms with van der Waals surface area (Å²) in [7, 11) is 0. The molecule has 0 heterocycles. The molecule has 0 saturated carbocycles. The van der Waals surface area contributed by atoms with Gasteiger partial charge in [0.15, 0.2) is 0 Å². The van der Waals surface area contributed by atoms with Crippen LogP contribution < -0.4 is 15.5 Å². The van der Waals surface area contributed by atoms with Crippen LogP contribution in [0.4, 0.5) is 5.69 Å². The van der Waals surface area contributed by atoms with Crippen molar-refractivity contribution in [2.75, 3.05) is 29.7 Å². The molecule has 0 fully saturated rings. The van der Waals surface area contributed by atoms with E-state index in [1.807, 2.05) is 17.0 Å². The summed E-state index contributed by atoms with van der Waals surface area (Å²) in [4.78, 5) is 48.2. The first-order chi connectivity index (χ1) is 14.7. The topological polar surface area (TPSA) is 136 Å². The SMILES string of the molecule is CC(=O)N[C@H](Cc1ccc(N(CCCl)CCCl)cc1)C(=O)N[C@@H](CCC(=O)O)C(=O)O. The Balaban J connectivity index is 2.91. The molecule has 0 bridgehead atoms. The number of benzene rings is 1. The van der Waals surface area contributed by atoms with Crippen LogP contribution in [0.1, 0.15) is 25.3 Å². The maximum Gasteiger partial charge on any atom is 0.326 e. The van der Waals surface area contributed by atoms with Gasteiger partial charge in [-0.1, -0.05) is 12.1 Å². The second kappa shape index (κ2) is 13.7. The maximum atomic E-state index is 12.6. The van der Waals surface area contributed by atoms with E-state index in [1.54, 1.807) is 12.1 Å². The van der Waals surface area contributed by atoms with Gasteiger partial charge in [0, 0.05) is 50.3 Å². The van der Waals surface area contributed by atoms with Gasteiger partial charge in [0.1, 0.15) is 12.1 Å². The van der Waals surface area contributed by atoms with Crippen LogP contribution in [0.15, 0.2) is 24.3 Å². The molecule has 2 atom stereocenters. The summed E-state index contributed by atoms with van der Waals surface area (Å²) in [5.41, 5.74) is 1.65. The molecule has 0 aliphatic carbocycles. The molecule has 2 amide bonds. The molecule has 1 aromatic rings. The molecule has 31 heavy (non-hydrogen) atoms. The molecule has 0 radical (unpaired) electrons. The van der Waals surface area contributed by atoms with Crippen molar-refractivity contribution in [3.05, 3.63) is 29.8 Å². The molecule has 0 aromatic heterocycles. The van der Waals surface area contributed by atoms with Gasteiger partial charge in [0.25, 0.3) is 0 Å². The van der Waals surface area contributed by atoms with Gasteiger partial charge >= 0.3 is 11.9 Å². The smallest absolute Gasteiger partial charge is 0.326 e. The third-order valence-corrected chi connectivity index (χ3v) is 4.74. The highest BCUT2D eigenvalue weighted by atomic mass is 35.5. The predicted molar refractivity (Wildman–Crippen MR) is 118 cm³/mol. The number of carbonyl (C=O) groups is 4. The maximum absolute atomic E-state index is 12.6. The van der Waals surface area contributed by atoms with Gasteiger partial charge in [0.05, 0.1) is 0 Å². The molecule has 1 aromatic carbocycles. The lowest BCUT2D eigenvalue weighted by molar-refractivity contribution is -0.143. The number of hydrogen-bond donors (Lipinski definition) is 4. The number of hydrogen-bond acceptors (Lipinski definition) is 5. The Hall–Kier alpha value is -2.52. The van der Waals surface area contributed by atoms with Gasteiger partial charge < -0.3 is 25.7 Å². The van der Waals surface area contributed by atoms with Crippen molar-refractivity contribution in [2.45, 2.75) is 38.3 Å². The average molecular weight is 476 g/mol. The van der Waals surface area contributed by atoms with E-state index < -0.39 is 42.3 Å². The normalized spacial score (nSPS) is 12.5. The Bertz CT molecular complexity index is 754. The van der Waals surface area contributed by atoms with Crippen LogP contribution in [0.5, 0.6) is 0 Å². The molecule has 9 nitrogen and oxygen atoms in total. The Morgan fingerprint density at radius 1 is 0.968 bits per heavy atom. The summed E-state index contributed by atoms with van der Waals surface area (Å²) in [5, 5.41) is 22.8. The fourth-order valence-corrected chi connectivity index (χ4v) is 3.31. The highest BCUT2D eigenvalue weighted by Gasteiger charge is 2.26. The lowest BCUT2D eigenvalue weighted by Gasteiger charge is -2.24. The first-order valence-electron chi connectivity index (χ1n) is 9.65. The van der Waals surface area contributed by atoms with Crippen molar-refractivity contribution in [2.24, 2.45) is 0 Å². The van der Waals surface area contributed by atoms with Gasteiger partial charge in [-0.05, 0) is 24.1 Å². The summed E-state index contributed by atoms with van der Waals surface area (Å²) in [6.07, 6.45) is -0.554. The van der Waals surface area contributed by atoms with Crippen LogP contribution >= 0.6 is 23.2 Å². The van der Waals surface area contributed by atoms with Crippen molar-refractivity contribution in [1.29, 1.82) is 0 Å². The minimum absolute atomic E-state index is 0.127. The minimum atomic E-state index is -1.37. The number of alkyl halides is 2. The van der Waals surface area contributed by atoms with E-state index in [9.17, 15) is 24.3 Å². The molecule has 0 saturated heterocycles. The quantitative estimate of drug-likeness (QED) is 0.299. The zero-order valence-electron chi connectivity index (χ0n) is 17.1. The first-order valence-corrected chi connectivity index (χ1v) is 10.7. The highest BCUT2D eigenvalue weighted by molar-refractivity contribution is 6.18. The lowest BCUT2D eigenvalue weighted by Crippen LogP contribution is -2.52. The van der Waals surface area contributed by atoms with E-state index in [0.717, 1.165) is 11.3 Å². The second-order valence-corrected chi connectivity index (χ2v) is 7.58. The molecule has 11 heteroatoms. The Morgan fingerprint density at radius 3 is 2.00 bits per heavy atom. The van der Waals surface area contributed by atoms with Crippen molar-refractivity contribution in [3.63, 3.8) is 0 Å².